The number of piperidine rings is 1. The standard InChI is InChI=1S/C24H29N3O4/c1-16(2)17-3-5-19(6-4-17)25-23(28)14-27-11-9-18(10-12-27)24(29)26-20-7-8-21-22(13-20)31-15-30-21/h3-8,13,16,18H,9-12,14-15H2,1-2H3,(H,25,28)(H,26,29)/p+1. The summed E-state index contributed by atoms with van der Waals surface area (Å²) in [5, 5.41) is 5.96. The van der Waals surface area contributed by atoms with Gasteiger partial charge in [0.15, 0.2) is 18.0 Å². The molecule has 0 radical (unpaired) electrons. The van der Waals surface area contributed by atoms with Gasteiger partial charge in [-0.15, -0.1) is 0 Å². The van der Waals surface area contributed by atoms with E-state index in [4.69, 9.17) is 9.47 Å². The van der Waals surface area contributed by atoms with Gasteiger partial charge in [0, 0.05) is 36.2 Å². The van der Waals surface area contributed by atoms with Gasteiger partial charge in [-0.05, 0) is 35.7 Å². The van der Waals surface area contributed by atoms with Crippen molar-refractivity contribution < 1.29 is 24.0 Å². The van der Waals surface area contributed by atoms with Crippen LogP contribution in [0.5, 0.6) is 11.5 Å². The molecule has 1 saturated heterocycles. The molecule has 0 atom stereocenters. The van der Waals surface area contributed by atoms with Gasteiger partial charge in [-0.25, -0.2) is 0 Å². The highest BCUT2D eigenvalue weighted by Crippen LogP contribution is 2.34. The Labute approximate surface area is 182 Å². The first-order chi connectivity index (χ1) is 15.0. The quantitative estimate of drug-likeness (QED) is 0.665. The minimum absolute atomic E-state index is 0.00978. The maximum absolute atomic E-state index is 12.6. The fraction of sp³-hybridized carbons (Fsp3) is 0.417. The van der Waals surface area contributed by atoms with Crippen LogP contribution >= 0.6 is 0 Å². The average Bonchev–Trinajstić information content (AvgIpc) is 3.22. The van der Waals surface area contributed by atoms with Crippen molar-refractivity contribution in [1.82, 2.24) is 0 Å². The van der Waals surface area contributed by atoms with Gasteiger partial charge in [0.2, 0.25) is 12.7 Å². The number of rotatable bonds is 6. The number of anilines is 2. The van der Waals surface area contributed by atoms with Crippen LogP contribution in [-0.2, 0) is 9.59 Å². The minimum Gasteiger partial charge on any atom is -0.454 e. The van der Waals surface area contributed by atoms with Gasteiger partial charge >= 0.3 is 0 Å². The summed E-state index contributed by atoms with van der Waals surface area (Å²) in [6.45, 7) is 6.54. The second-order valence-corrected chi connectivity index (χ2v) is 8.58. The summed E-state index contributed by atoms with van der Waals surface area (Å²) in [4.78, 5) is 26.3. The Hall–Kier alpha value is -3.06. The van der Waals surface area contributed by atoms with E-state index in [1.807, 2.05) is 18.2 Å². The van der Waals surface area contributed by atoms with Crippen molar-refractivity contribution in [2.24, 2.45) is 5.92 Å². The summed E-state index contributed by atoms with van der Waals surface area (Å²) in [6, 6.07) is 13.4. The molecule has 0 spiro atoms. The molecule has 1 fully saturated rings. The van der Waals surface area contributed by atoms with E-state index < -0.39 is 0 Å². The third-order valence-electron chi connectivity index (χ3n) is 5.98. The molecule has 2 aromatic carbocycles. The van der Waals surface area contributed by atoms with E-state index >= 15 is 0 Å². The molecule has 4 rings (SSSR count). The molecule has 7 heteroatoms. The van der Waals surface area contributed by atoms with E-state index in [0.717, 1.165) is 31.6 Å². The Bertz CT molecular complexity index is 934. The second-order valence-electron chi connectivity index (χ2n) is 8.58. The van der Waals surface area contributed by atoms with Crippen LogP contribution in [0.1, 0.15) is 38.2 Å². The van der Waals surface area contributed by atoms with Crippen LogP contribution in [0.4, 0.5) is 11.4 Å². The molecule has 2 aromatic rings. The lowest BCUT2D eigenvalue weighted by molar-refractivity contribution is -0.897. The number of nitrogens with one attached hydrogen (secondary N) is 3. The van der Waals surface area contributed by atoms with Crippen molar-refractivity contribution in [3.8, 4) is 11.5 Å². The lowest BCUT2D eigenvalue weighted by Gasteiger charge is -2.28. The third kappa shape index (κ3) is 5.35. The number of benzene rings is 2. The molecular formula is C24H30N3O4+. The molecule has 3 N–H and O–H groups in total. The summed E-state index contributed by atoms with van der Waals surface area (Å²) in [5.41, 5.74) is 2.79. The lowest BCUT2D eigenvalue weighted by atomic mass is 9.95. The molecule has 0 bridgehead atoms. The fourth-order valence-corrected chi connectivity index (χ4v) is 4.07. The molecule has 2 aliphatic heterocycles. The van der Waals surface area contributed by atoms with Gasteiger partial charge < -0.3 is 25.0 Å². The van der Waals surface area contributed by atoms with Gasteiger partial charge in [-0.1, -0.05) is 26.0 Å². The highest BCUT2D eigenvalue weighted by atomic mass is 16.7. The van der Waals surface area contributed by atoms with Crippen molar-refractivity contribution >= 4 is 23.2 Å². The molecule has 7 nitrogen and oxygen atoms in total. The molecule has 2 aliphatic rings. The molecule has 0 aromatic heterocycles. The topological polar surface area (TPSA) is 81.1 Å². The zero-order valence-corrected chi connectivity index (χ0v) is 18.1. The van der Waals surface area contributed by atoms with Gasteiger partial charge in [0.25, 0.3) is 5.91 Å². The predicted octanol–water partition coefficient (Wildman–Crippen LogP) is 2.41. The Morgan fingerprint density at radius 1 is 0.968 bits per heavy atom. The van der Waals surface area contributed by atoms with E-state index in [-0.39, 0.29) is 24.5 Å². The molecular weight excluding hydrogens is 394 g/mol. The molecule has 0 unspecified atom stereocenters. The first kappa shape index (κ1) is 21.2. The Balaban J connectivity index is 1.22. The number of ether oxygens (including phenoxy) is 2. The summed E-state index contributed by atoms with van der Waals surface area (Å²) >= 11 is 0. The normalized spacial score (nSPS) is 19.8. The number of hydrogen-bond acceptors (Lipinski definition) is 4. The maximum atomic E-state index is 12.6. The molecule has 164 valence electrons. The van der Waals surface area contributed by atoms with Crippen molar-refractivity contribution in [3.05, 3.63) is 48.0 Å². The van der Waals surface area contributed by atoms with E-state index in [9.17, 15) is 9.59 Å². The number of amides is 2. The number of carbonyl (C=O) groups excluding carboxylic acids is 2. The van der Waals surface area contributed by atoms with Crippen molar-refractivity contribution in [1.29, 1.82) is 0 Å². The van der Waals surface area contributed by atoms with Crippen molar-refractivity contribution in [2.45, 2.75) is 32.6 Å². The monoisotopic (exact) mass is 424 g/mol. The number of quaternary nitrogens is 1. The Morgan fingerprint density at radius 2 is 1.65 bits per heavy atom. The first-order valence-electron chi connectivity index (χ1n) is 10.9. The van der Waals surface area contributed by atoms with Crippen molar-refractivity contribution in [3.63, 3.8) is 0 Å². The van der Waals surface area contributed by atoms with Crippen LogP contribution < -0.4 is 25.0 Å². The second kappa shape index (κ2) is 9.39. The molecule has 2 heterocycles. The van der Waals surface area contributed by atoms with Crippen LogP contribution in [0.2, 0.25) is 0 Å². The summed E-state index contributed by atoms with van der Waals surface area (Å²) in [7, 11) is 0. The Morgan fingerprint density at radius 3 is 2.35 bits per heavy atom. The number of hydrogen-bond donors (Lipinski definition) is 3. The van der Waals surface area contributed by atoms with Crippen LogP contribution in [0.25, 0.3) is 0 Å². The predicted molar refractivity (Wildman–Crippen MR) is 119 cm³/mol. The molecule has 0 aliphatic carbocycles. The van der Waals surface area contributed by atoms with Crippen molar-refractivity contribution in [2.75, 3.05) is 37.1 Å². The molecule has 0 saturated carbocycles. The Kier molecular flexibility index (Phi) is 6.42. The zero-order valence-electron chi connectivity index (χ0n) is 18.1. The van der Waals surface area contributed by atoms with Gasteiger partial charge in [-0.2, -0.15) is 0 Å². The highest BCUT2D eigenvalue weighted by molar-refractivity contribution is 5.93. The SMILES string of the molecule is CC(C)c1ccc(NC(=O)C[NH+]2CCC(C(=O)Nc3ccc4c(c3)OCO4)CC2)cc1. The van der Waals surface area contributed by atoms with Crippen LogP contribution in [0.3, 0.4) is 0 Å². The lowest BCUT2D eigenvalue weighted by Crippen LogP contribution is -3.14. The molecule has 31 heavy (non-hydrogen) atoms. The van der Waals surface area contributed by atoms with Gasteiger partial charge in [0.05, 0.1) is 13.1 Å². The van der Waals surface area contributed by atoms with E-state index in [1.54, 1.807) is 12.1 Å². The summed E-state index contributed by atoms with van der Waals surface area (Å²) in [6.07, 6.45) is 1.53. The minimum atomic E-state index is -0.0409. The maximum Gasteiger partial charge on any atom is 0.279 e. The number of carbonyl (C=O) groups is 2. The van der Waals surface area contributed by atoms with Crippen LogP contribution in [0, 0.1) is 5.92 Å². The fourth-order valence-electron chi connectivity index (χ4n) is 4.07. The van der Waals surface area contributed by atoms with E-state index in [2.05, 4.69) is 36.6 Å². The first-order valence-corrected chi connectivity index (χ1v) is 10.9. The highest BCUT2D eigenvalue weighted by Gasteiger charge is 2.29. The number of fused-ring (bicyclic) bond motifs is 1. The number of likely N-dealkylation sites (tertiary alicyclic amines) is 1. The van der Waals surface area contributed by atoms with Crippen LogP contribution in [0.15, 0.2) is 42.5 Å². The summed E-state index contributed by atoms with van der Waals surface area (Å²) < 4.78 is 10.7. The summed E-state index contributed by atoms with van der Waals surface area (Å²) in [5.74, 6) is 1.81. The van der Waals surface area contributed by atoms with Crippen LogP contribution in [-0.4, -0.2) is 38.2 Å². The third-order valence-corrected chi connectivity index (χ3v) is 5.98. The largest absolute Gasteiger partial charge is 0.454 e. The molecule has 2 amide bonds. The van der Waals surface area contributed by atoms with Gasteiger partial charge in [-0.3, -0.25) is 9.59 Å². The zero-order chi connectivity index (χ0) is 21.8. The smallest absolute Gasteiger partial charge is 0.279 e. The average molecular weight is 425 g/mol. The van der Waals surface area contributed by atoms with E-state index in [1.165, 1.54) is 10.5 Å². The van der Waals surface area contributed by atoms with E-state index in [0.29, 0.717) is 29.6 Å². The van der Waals surface area contributed by atoms with Gasteiger partial charge in [0.1, 0.15) is 0 Å².